The van der Waals surface area contributed by atoms with Gasteiger partial charge in [0, 0.05) is 13.6 Å². The lowest BCUT2D eigenvalue weighted by molar-refractivity contribution is 0.462. The second-order valence-electron chi connectivity index (χ2n) is 5.47. The van der Waals surface area contributed by atoms with Crippen molar-refractivity contribution in [2.75, 3.05) is 7.05 Å². The van der Waals surface area contributed by atoms with Gasteiger partial charge in [-0.25, -0.2) is 21.9 Å². The van der Waals surface area contributed by atoms with Gasteiger partial charge in [-0.3, -0.25) is 0 Å². The van der Waals surface area contributed by atoms with Crippen LogP contribution in [0.4, 0.5) is 8.78 Å². The number of aromatic nitrogens is 2. The quantitative estimate of drug-likeness (QED) is 0.700. The average Bonchev–Trinajstić information content (AvgIpc) is 3.10. The normalized spacial score (nSPS) is 11.8. The maximum atomic E-state index is 13.3. The average molecular weight is 363 g/mol. The zero-order chi connectivity index (χ0) is 18.0. The Bertz CT molecular complexity index is 988. The number of sulfonamides is 1. The third kappa shape index (κ3) is 3.59. The van der Waals surface area contributed by atoms with Crippen molar-refractivity contribution in [1.82, 2.24) is 14.1 Å². The largest absolute Gasteiger partial charge is 0.246 e. The van der Waals surface area contributed by atoms with Crippen LogP contribution < -0.4 is 0 Å². The Morgan fingerprint density at radius 3 is 2.48 bits per heavy atom. The molecule has 25 heavy (non-hydrogen) atoms. The van der Waals surface area contributed by atoms with E-state index in [4.69, 9.17) is 0 Å². The summed E-state index contributed by atoms with van der Waals surface area (Å²) in [6, 6.07) is 12.4. The van der Waals surface area contributed by atoms with E-state index < -0.39 is 21.7 Å². The molecule has 0 radical (unpaired) electrons. The third-order valence-electron chi connectivity index (χ3n) is 3.68. The van der Waals surface area contributed by atoms with E-state index in [1.807, 2.05) is 18.2 Å². The highest BCUT2D eigenvalue weighted by Crippen LogP contribution is 2.19. The summed E-state index contributed by atoms with van der Waals surface area (Å²) in [5.41, 5.74) is 1.08. The van der Waals surface area contributed by atoms with Crippen molar-refractivity contribution in [2.45, 2.75) is 11.4 Å². The fourth-order valence-corrected chi connectivity index (χ4v) is 3.41. The molecule has 1 heterocycles. The van der Waals surface area contributed by atoms with Gasteiger partial charge >= 0.3 is 0 Å². The van der Waals surface area contributed by atoms with Gasteiger partial charge in [0.05, 0.1) is 18.1 Å². The van der Waals surface area contributed by atoms with Crippen LogP contribution in [0.25, 0.3) is 5.69 Å². The van der Waals surface area contributed by atoms with Crippen LogP contribution in [0.3, 0.4) is 0 Å². The summed E-state index contributed by atoms with van der Waals surface area (Å²) < 4.78 is 54.1. The van der Waals surface area contributed by atoms with E-state index in [-0.39, 0.29) is 11.4 Å². The number of rotatable bonds is 5. The van der Waals surface area contributed by atoms with Crippen molar-refractivity contribution >= 4 is 10.0 Å². The zero-order valence-corrected chi connectivity index (χ0v) is 14.1. The predicted molar refractivity (Wildman–Crippen MR) is 88.6 cm³/mol. The third-order valence-corrected chi connectivity index (χ3v) is 5.43. The second kappa shape index (κ2) is 6.73. The molecule has 0 N–H and O–H groups in total. The molecule has 0 spiro atoms. The molecule has 1 aromatic heterocycles. The van der Waals surface area contributed by atoms with Crippen LogP contribution in [0.1, 0.15) is 5.56 Å². The minimum Gasteiger partial charge on any atom is -0.240 e. The fourth-order valence-electron chi connectivity index (χ4n) is 2.32. The van der Waals surface area contributed by atoms with Gasteiger partial charge in [0.2, 0.25) is 10.0 Å². The van der Waals surface area contributed by atoms with Gasteiger partial charge in [-0.1, -0.05) is 24.3 Å². The van der Waals surface area contributed by atoms with Gasteiger partial charge in [0.15, 0.2) is 11.6 Å². The van der Waals surface area contributed by atoms with E-state index in [9.17, 15) is 17.2 Å². The van der Waals surface area contributed by atoms with Crippen LogP contribution in [0.5, 0.6) is 0 Å². The Hall–Kier alpha value is -2.58. The molecule has 0 atom stereocenters. The van der Waals surface area contributed by atoms with E-state index in [1.165, 1.54) is 30.2 Å². The van der Waals surface area contributed by atoms with Crippen molar-refractivity contribution in [3.63, 3.8) is 0 Å². The summed E-state index contributed by atoms with van der Waals surface area (Å²) >= 11 is 0. The number of nitrogens with zero attached hydrogens (tertiary/aromatic N) is 3. The lowest BCUT2D eigenvalue weighted by Gasteiger charge is -2.16. The molecule has 0 fully saturated rings. The molecule has 0 bridgehead atoms. The molecule has 0 aliphatic rings. The van der Waals surface area contributed by atoms with E-state index in [1.54, 1.807) is 12.1 Å². The Morgan fingerprint density at radius 1 is 1.08 bits per heavy atom. The lowest BCUT2D eigenvalue weighted by Crippen LogP contribution is -2.26. The maximum Gasteiger partial charge on any atom is 0.246 e. The Morgan fingerprint density at radius 2 is 1.80 bits per heavy atom. The highest BCUT2D eigenvalue weighted by molar-refractivity contribution is 7.89. The highest BCUT2D eigenvalue weighted by Gasteiger charge is 2.23. The minimum absolute atomic E-state index is 0.0152. The van der Waals surface area contributed by atoms with Crippen molar-refractivity contribution in [1.29, 1.82) is 0 Å². The SMILES string of the molecule is CN(Cc1ccc(F)c(F)c1)S(=O)(=O)c1cnn(-c2ccccc2)c1. The molecule has 3 aromatic rings. The van der Waals surface area contributed by atoms with Crippen LogP contribution >= 0.6 is 0 Å². The van der Waals surface area contributed by atoms with Gasteiger partial charge in [-0.15, -0.1) is 0 Å². The minimum atomic E-state index is -3.81. The van der Waals surface area contributed by atoms with E-state index in [0.717, 1.165) is 22.1 Å². The van der Waals surface area contributed by atoms with E-state index in [2.05, 4.69) is 5.10 Å². The molecule has 130 valence electrons. The van der Waals surface area contributed by atoms with Gasteiger partial charge < -0.3 is 0 Å². The van der Waals surface area contributed by atoms with Crippen LogP contribution in [-0.2, 0) is 16.6 Å². The molecule has 8 heteroatoms. The predicted octanol–water partition coefficient (Wildman–Crippen LogP) is 2.97. The standard InChI is InChI=1S/C17H15F2N3O2S/c1-21(11-13-7-8-16(18)17(19)9-13)25(23,24)15-10-20-22(12-15)14-5-3-2-4-6-14/h2-10,12H,11H2,1H3. The first-order valence-corrected chi connectivity index (χ1v) is 8.82. The van der Waals surface area contributed by atoms with Crippen molar-refractivity contribution in [2.24, 2.45) is 0 Å². The lowest BCUT2D eigenvalue weighted by atomic mass is 10.2. The summed E-state index contributed by atoms with van der Waals surface area (Å²) in [7, 11) is -2.44. The van der Waals surface area contributed by atoms with Gasteiger partial charge in [0.1, 0.15) is 4.90 Å². The first-order valence-electron chi connectivity index (χ1n) is 7.38. The van der Waals surface area contributed by atoms with Gasteiger partial charge in [-0.2, -0.15) is 9.40 Å². The number of para-hydroxylation sites is 1. The van der Waals surface area contributed by atoms with E-state index in [0.29, 0.717) is 5.56 Å². The monoisotopic (exact) mass is 363 g/mol. The molecule has 0 aliphatic carbocycles. The summed E-state index contributed by atoms with van der Waals surface area (Å²) in [6.07, 6.45) is 2.66. The fraction of sp³-hybridized carbons (Fsp3) is 0.118. The molecular weight excluding hydrogens is 348 g/mol. The topological polar surface area (TPSA) is 55.2 Å². The molecular formula is C17H15F2N3O2S. The maximum absolute atomic E-state index is 13.3. The molecule has 0 saturated heterocycles. The number of benzene rings is 2. The molecule has 0 saturated carbocycles. The van der Waals surface area contributed by atoms with Gasteiger partial charge in [0.25, 0.3) is 0 Å². The Balaban J connectivity index is 1.83. The number of halogens is 2. The van der Waals surface area contributed by atoms with Crippen LogP contribution in [-0.4, -0.2) is 29.6 Å². The molecule has 0 aliphatic heterocycles. The second-order valence-corrected chi connectivity index (χ2v) is 7.51. The van der Waals surface area contributed by atoms with Crippen LogP contribution in [0.2, 0.25) is 0 Å². The molecule has 0 amide bonds. The zero-order valence-electron chi connectivity index (χ0n) is 13.3. The van der Waals surface area contributed by atoms with Crippen molar-refractivity contribution in [3.8, 4) is 5.69 Å². The van der Waals surface area contributed by atoms with Crippen molar-refractivity contribution < 1.29 is 17.2 Å². The first-order chi connectivity index (χ1) is 11.9. The van der Waals surface area contributed by atoms with Crippen LogP contribution in [0.15, 0.2) is 65.8 Å². The van der Waals surface area contributed by atoms with E-state index >= 15 is 0 Å². The smallest absolute Gasteiger partial charge is 0.240 e. The van der Waals surface area contributed by atoms with Gasteiger partial charge in [-0.05, 0) is 29.8 Å². The first kappa shape index (κ1) is 17.2. The number of hydrogen-bond donors (Lipinski definition) is 0. The number of hydrogen-bond acceptors (Lipinski definition) is 3. The highest BCUT2D eigenvalue weighted by atomic mass is 32.2. The Kier molecular flexibility index (Phi) is 4.65. The molecule has 0 unspecified atom stereocenters. The summed E-state index contributed by atoms with van der Waals surface area (Å²) in [5.74, 6) is -1.99. The van der Waals surface area contributed by atoms with Crippen molar-refractivity contribution in [3.05, 3.63) is 78.1 Å². The summed E-state index contributed by atoms with van der Waals surface area (Å²) in [6.45, 7) is -0.0873. The summed E-state index contributed by atoms with van der Waals surface area (Å²) in [4.78, 5) is 0.0152. The van der Waals surface area contributed by atoms with Crippen LogP contribution in [0, 0.1) is 11.6 Å². The Labute approximate surface area is 144 Å². The summed E-state index contributed by atoms with van der Waals surface area (Å²) in [5, 5.41) is 4.07. The molecule has 2 aromatic carbocycles. The molecule has 3 rings (SSSR count). The molecule has 5 nitrogen and oxygen atoms in total.